The van der Waals surface area contributed by atoms with Crippen molar-refractivity contribution < 1.29 is 14.3 Å². The van der Waals surface area contributed by atoms with E-state index < -0.39 is 5.76 Å². The summed E-state index contributed by atoms with van der Waals surface area (Å²) < 4.78 is 4.89. The van der Waals surface area contributed by atoms with E-state index in [1.807, 2.05) is 0 Å². The van der Waals surface area contributed by atoms with Gasteiger partial charge in [-0.3, -0.25) is 9.78 Å². The Hall–Kier alpha value is -2.08. The van der Waals surface area contributed by atoms with Gasteiger partial charge in [0.25, 0.3) is 0 Å². The lowest BCUT2D eigenvalue weighted by Crippen LogP contribution is -2.26. The largest absolute Gasteiger partial charge is 0.417 e. The van der Waals surface area contributed by atoms with Gasteiger partial charge in [-0.15, -0.1) is 0 Å². The minimum atomic E-state index is -0.494. The van der Waals surface area contributed by atoms with Gasteiger partial charge in [0.05, 0.1) is 12.1 Å². The van der Waals surface area contributed by atoms with E-state index in [0.29, 0.717) is 17.6 Å². The first kappa shape index (κ1) is 12.4. The van der Waals surface area contributed by atoms with Crippen molar-refractivity contribution in [2.24, 2.45) is 0 Å². The molecule has 0 fully saturated rings. The third kappa shape index (κ3) is 2.60. The molecule has 0 unspecified atom stereocenters. The number of carbonyl (C=O) groups excluding carboxylic acids is 1. The molecular formula is C12H14N2O4. The van der Waals surface area contributed by atoms with Crippen LogP contribution in [0.5, 0.6) is 0 Å². The molecule has 0 saturated carbocycles. The van der Waals surface area contributed by atoms with Gasteiger partial charge in [-0.2, -0.15) is 0 Å². The van der Waals surface area contributed by atoms with Crippen molar-refractivity contribution >= 4 is 17.0 Å². The zero-order valence-corrected chi connectivity index (χ0v) is 9.97. The number of aromatic nitrogens is 1. The lowest BCUT2D eigenvalue weighted by Gasteiger charge is -2.16. The van der Waals surface area contributed by atoms with Crippen LogP contribution >= 0.6 is 0 Å². The fourth-order valence-corrected chi connectivity index (χ4v) is 1.75. The Morgan fingerprint density at radius 1 is 1.50 bits per heavy atom. The zero-order chi connectivity index (χ0) is 13.1. The fraction of sp³-hybridized carbons (Fsp3) is 0.333. The highest BCUT2D eigenvalue weighted by atomic mass is 16.4. The highest BCUT2D eigenvalue weighted by Gasteiger charge is 2.09. The van der Waals surface area contributed by atoms with Crippen LogP contribution in [0, 0.1) is 0 Å². The molecule has 1 heterocycles. The second kappa shape index (κ2) is 5.05. The Morgan fingerprint density at radius 3 is 3.00 bits per heavy atom. The molecular weight excluding hydrogens is 236 g/mol. The fourth-order valence-electron chi connectivity index (χ4n) is 1.75. The smallest absolute Gasteiger partial charge is 0.408 e. The summed E-state index contributed by atoms with van der Waals surface area (Å²) in [5.41, 5.74) is 1.99. The highest BCUT2D eigenvalue weighted by Crippen LogP contribution is 2.13. The number of benzene rings is 1. The van der Waals surface area contributed by atoms with Crippen molar-refractivity contribution in [3.05, 3.63) is 34.3 Å². The third-order valence-electron chi connectivity index (χ3n) is 2.65. The van der Waals surface area contributed by atoms with Crippen molar-refractivity contribution in [1.29, 1.82) is 0 Å². The van der Waals surface area contributed by atoms with Crippen LogP contribution in [-0.4, -0.2) is 34.6 Å². The lowest BCUT2D eigenvalue weighted by molar-refractivity contribution is -0.131. The van der Waals surface area contributed by atoms with Crippen molar-refractivity contribution in [2.75, 3.05) is 13.7 Å². The second-order valence-electron chi connectivity index (χ2n) is 4.07. The van der Waals surface area contributed by atoms with Crippen LogP contribution < -0.4 is 5.76 Å². The molecule has 0 spiro atoms. The van der Waals surface area contributed by atoms with E-state index in [4.69, 9.17) is 9.52 Å². The number of aliphatic hydroxyl groups excluding tert-OH is 1. The van der Waals surface area contributed by atoms with E-state index >= 15 is 0 Å². The molecule has 0 aliphatic heterocycles. The van der Waals surface area contributed by atoms with Crippen molar-refractivity contribution in [1.82, 2.24) is 9.88 Å². The second-order valence-corrected chi connectivity index (χ2v) is 4.07. The maximum atomic E-state index is 11.5. The molecule has 96 valence electrons. The number of aromatic amines is 1. The normalized spacial score (nSPS) is 10.8. The van der Waals surface area contributed by atoms with Gasteiger partial charge < -0.3 is 14.4 Å². The Balaban J connectivity index is 2.16. The number of amides is 1. The number of nitrogens with zero attached hydrogens (tertiary/aromatic N) is 1. The average Bonchev–Trinajstić information content (AvgIpc) is 2.68. The summed E-state index contributed by atoms with van der Waals surface area (Å²) in [5, 5.41) is 8.70. The van der Waals surface area contributed by atoms with E-state index in [2.05, 4.69) is 4.98 Å². The summed E-state index contributed by atoms with van der Waals surface area (Å²) in [7, 11) is 1.67. The molecule has 6 nitrogen and oxygen atoms in total. The Kier molecular flexibility index (Phi) is 3.47. The number of nitrogens with one attached hydrogen (secondary N) is 1. The molecule has 0 atom stereocenters. The molecule has 0 radical (unpaired) electrons. The molecule has 0 bridgehead atoms. The van der Waals surface area contributed by atoms with Crippen LogP contribution in [0.4, 0.5) is 0 Å². The number of fused-ring (bicyclic) bond motifs is 1. The van der Waals surface area contributed by atoms with E-state index in [1.54, 1.807) is 25.2 Å². The summed E-state index contributed by atoms with van der Waals surface area (Å²) in [5.74, 6) is -0.620. The molecule has 2 rings (SSSR count). The molecule has 6 heteroatoms. The maximum absolute atomic E-state index is 11.5. The Bertz CT molecular complexity index is 614. The third-order valence-corrected chi connectivity index (χ3v) is 2.65. The first-order valence-corrected chi connectivity index (χ1v) is 5.56. The quantitative estimate of drug-likeness (QED) is 0.825. The van der Waals surface area contributed by atoms with Gasteiger partial charge in [-0.25, -0.2) is 4.79 Å². The first-order valence-electron chi connectivity index (χ1n) is 5.56. The SMILES string of the molecule is CN(Cc1ccc2oc(=O)[nH]c2c1)C(=O)CCO. The van der Waals surface area contributed by atoms with Crippen molar-refractivity contribution in [2.45, 2.75) is 13.0 Å². The number of H-pyrrole nitrogens is 1. The van der Waals surface area contributed by atoms with Crippen LogP contribution in [0.25, 0.3) is 11.1 Å². The minimum absolute atomic E-state index is 0.112. The van der Waals surface area contributed by atoms with E-state index in [1.165, 1.54) is 4.90 Å². The standard InChI is InChI=1S/C12H14N2O4/c1-14(11(16)4-5-15)7-8-2-3-10-9(6-8)13-12(17)18-10/h2-3,6,15H,4-5,7H2,1H3,(H,13,17). The average molecular weight is 250 g/mol. The van der Waals surface area contributed by atoms with Crippen molar-refractivity contribution in [3.8, 4) is 0 Å². The predicted molar refractivity (Wildman–Crippen MR) is 65.0 cm³/mol. The van der Waals surface area contributed by atoms with Gasteiger partial charge in [0.2, 0.25) is 5.91 Å². The number of hydrogen-bond acceptors (Lipinski definition) is 4. The van der Waals surface area contributed by atoms with Gasteiger partial charge in [0.15, 0.2) is 5.58 Å². The molecule has 2 N–H and O–H groups in total. The number of aliphatic hydroxyl groups is 1. The Labute approximate surface area is 103 Å². The molecule has 1 aromatic heterocycles. The van der Waals surface area contributed by atoms with Gasteiger partial charge >= 0.3 is 5.76 Å². The van der Waals surface area contributed by atoms with Crippen LogP contribution in [0.15, 0.2) is 27.4 Å². The van der Waals surface area contributed by atoms with E-state index in [0.717, 1.165) is 5.56 Å². The molecule has 0 aliphatic rings. The predicted octanol–water partition coefficient (Wildman–Crippen LogP) is 0.462. The summed E-state index contributed by atoms with van der Waals surface area (Å²) in [4.78, 5) is 26.6. The highest BCUT2D eigenvalue weighted by molar-refractivity contribution is 5.76. The summed E-state index contributed by atoms with van der Waals surface area (Å²) in [6, 6.07) is 5.25. The maximum Gasteiger partial charge on any atom is 0.417 e. The van der Waals surface area contributed by atoms with Gasteiger partial charge in [0, 0.05) is 20.0 Å². The Morgan fingerprint density at radius 2 is 2.28 bits per heavy atom. The topological polar surface area (TPSA) is 86.5 Å². The lowest BCUT2D eigenvalue weighted by atomic mass is 10.2. The van der Waals surface area contributed by atoms with Crippen LogP contribution in [-0.2, 0) is 11.3 Å². The van der Waals surface area contributed by atoms with Crippen molar-refractivity contribution in [3.63, 3.8) is 0 Å². The summed E-state index contributed by atoms with van der Waals surface area (Å²) in [6.07, 6.45) is 0.112. The number of oxazole rings is 1. The van der Waals surface area contributed by atoms with Gasteiger partial charge in [-0.05, 0) is 17.7 Å². The minimum Gasteiger partial charge on any atom is -0.408 e. The molecule has 0 saturated heterocycles. The van der Waals surface area contributed by atoms with E-state index in [-0.39, 0.29) is 18.9 Å². The van der Waals surface area contributed by atoms with Gasteiger partial charge in [-0.1, -0.05) is 6.07 Å². The van der Waals surface area contributed by atoms with E-state index in [9.17, 15) is 9.59 Å². The first-order chi connectivity index (χ1) is 8.60. The van der Waals surface area contributed by atoms with Gasteiger partial charge in [0.1, 0.15) is 0 Å². The van der Waals surface area contributed by atoms with Crippen LogP contribution in [0.2, 0.25) is 0 Å². The van der Waals surface area contributed by atoms with Crippen LogP contribution in [0.1, 0.15) is 12.0 Å². The molecule has 1 amide bonds. The molecule has 1 aromatic carbocycles. The number of carbonyl (C=O) groups is 1. The monoisotopic (exact) mass is 250 g/mol. The number of rotatable bonds is 4. The summed E-state index contributed by atoms with van der Waals surface area (Å²) in [6.45, 7) is 0.263. The molecule has 0 aliphatic carbocycles. The summed E-state index contributed by atoms with van der Waals surface area (Å²) >= 11 is 0. The number of hydrogen-bond donors (Lipinski definition) is 2. The molecule has 18 heavy (non-hydrogen) atoms. The van der Waals surface area contributed by atoms with Crippen LogP contribution in [0.3, 0.4) is 0 Å². The molecule has 2 aromatic rings. The zero-order valence-electron chi connectivity index (χ0n) is 9.97.